The van der Waals surface area contributed by atoms with Crippen molar-refractivity contribution in [1.82, 2.24) is 5.32 Å². The van der Waals surface area contributed by atoms with E-state index in [0.717, 1.165) is 35.5 Å². The Morgan fingerprint density at radius 2 is 2.14 bits per heavy atom. The SMILES string of the molecule is C=C(NCCC)c1ccc(C2=NOC(CCF)=CC2)cc1. The van der Waals surface area contributed by atoms with Gasteiger partial charge in [0.05, 0.1) is 12.4 Å². The lowest BCUT2D eigenvalue weighted by molar-refractivity contribution is 0.204. The standard InChI is InChI=1S/C17H21FN2O/c1-3-12-19-13(2)14-4-6-15(7-5-14)17-9-8-16(10-11-18)21-20-17/h4-8,19H,2-3,9-12H2,1H3. The lowest BCUT2D eigenvalue weighted by Gasteiger charge is -2.13. The number of benzene rings is 1. The third kappa shape index (κ3) is 4.18. The molecule has 1 aliphatic rings. The number of nitrogens with one attached hydrogen (secondary N) is 1. The third-order valence-electron chi connectivity index (χ3n) is 3.29. The molecule has 112 valence electrons. The van der Waals surface area contributed by atoms with Gasteiger partial charge in [0.15, 0.2) is 0 Å². The van der Waals surface area contributed by atoms with Gasteiger partial charge < -0.3 is 10.2 Å². The molecule has 21 heavy (non-hydrogen) atoms. The van der Waals surface area contributed by atoms with E-state index in [1.165, 1.54) is 0 Å². The summed E-state index contributed by atoms with van der Waals surface area (Å²) in [4.78, 5) is 5.20. The second-order valence-electron chi connectivity index (χ2n) is 4.93. The van der Waals surface area contributed by atoms with Crippen LogP contribution in [0.4, 0.5) is 4.39 Å². The van der Waals surface area contributed by atoms with E-state index < -0.39 is 6.67 Å². The molecule has 0 amide bonds. The maximum atomic E-state index is 12.2. The molecular weight excluding hydrogens is 267 g/mol. The number of hydrogen-bond donors (Lipinski definition) is 1. The molecule has 0 atom stereocenters. The fraction of sp³-hybridized carbons (Fsp3) is 0.353. The van der Waals surface area contributed by atoms with Crippen LogP contribution >= 0.6 is 0 Å². The van der Waals surface area contributed by atoms with E-state index in [2.05, 4.69) is 24.0 Å². The quantitative estimate of drug-likeness (QED) is 0.822. The van der Waals surface area contributed by atoms with Crippen LogP contribution in [-0.4, -0.2) is 18.9 Å². The zero-order valence-corrected chi connectivity index (χ0v) is 12.4. The van der Waals surface area contributed by atoms with Gasteiger partial charge in [-0.1, -0.05) is 42.9 Å². The number of hydrogen-bond acceptors (Lipinski definition) is 3. The Morgan fingerprint density at radius 3 is 2.71 bits per heavy atom. The van der Waals surface area contributed by atoms with Crippen LogP contribution in [0.15, 0.2) is 47.8 Å². The van der Waals surface area contributed by atoms with Gasteiger partial charge >= 0.3 is 0 Å². The van der Waals surface area contributed by atoms with Crippen LogP contribution in [0.2, 0.25) is 0 Å². The molecule has 4 heteroatoms. The van der Waals surface area contributed by atoms with Gasteiger partial charge in [0.2, 0.25) is 0 Å². The molecule has 1 heterocycles. The second kappa shape index (κ2) is 7.62. The first-order chi connectivity index (χ1) is 10.2. The molecule has 0 radical (unpaired) electrons. The largest absolute Gasteiger partial charge is 0.385 e. The third-order valence-corrected chi connectivity index (χ3v) is 3.29. The van der Waals surface area contributed by atoms with E-state index in [-0.39, 0.29) is 0 Å². The Balaban J connectivity index is 1.99. The number of allylic oxidation sites excluding steroid dienone is 2. The van der Waals surface area contributed by atoms with Crippen molar-refractivity contribution < 1.29 is 9.23 Å². The van der Waals surface area contributed by atoms with Crippen molar-refractivity contribution in [2.24, 2.45) is 5.16 Å². The summed E-state index contributed by atoms with van der Waals surface area (Å²) in [6.45, 7) is 6.65. The average Bonchev–Trinajstić information content (AvgIpc) is 2.54. The van der Waals surface area contributed by atoms with Crippen molar-refractivity contribution in [3.05, 3.63) is 53.8 Å². The fourth-order valence-corrected chi connectivity index (χ4v) is 2.05. The number of oxime groups is 1. The molecule has 1 aliphatic heterocycles. The minimum absolute atomic E-state index is 0.290. The first-order valence-electron chi connectivity index (χ1n) is 7.27. The van der Waals surface area contributed by atoms with Crippen molar-refractivity contribution in [3.63, 3.8) is 0 Å². The first-order valence-corrected chi connectivity index (χ1v) is 7.27. The van der Waals surface area contributed by atoms with Crippen LogP contribution in [0.1, 0.15) is 37.3 Å². The lowest BCUT2D eigenvalue weighted by atomic mass is 10.0. The summed E-state index contributed by atoms with van der Waals surface area (Å²) < 4.78 is 12.2. The highest BCUT2D eigenvalue weighted by molar-refractivity contribution is 6.01. The topological polar surface area (TPSA) is 33.6 Å². The molecule has 0 aliphatic carbocycles. The van der Waals surface area contributed by atoms with Crippen molar-refractivity contribution in [1.29, 1.82) is 0 Å². The van der Waals surface area contributed by atoms with Gasteiger partial charge in [-0.2, -0.15) is 0 Å². The normalized spacial score (nSPS) is 14.0. The number of alkyl halides is 1. The minimum atomic E-state index is -0.418. The number of rotatable bonds is 7. The van der Waals surface area contributed by atoms with E-state index >= 15 is 0 Å². The van der Waals surface area contributed by atoms with Crippen molar-refractivity contribution in [2.45, 2.75) is 26.2 Å². The molecule has 1 N–H and O–H groups in total. The summed E-state index contributed by atoms with van der Waals surface area (Å²) in [5, 5.41) is 7.34. The highest BCUT2D eigenvalue weighted by Crippen LogP contribution is 2.18. The molecule has 1 aromatic carbocycles. The first kappa shape index (κ1) is 15.3. The Kier molecular flexibility index (Phi) is 5.55. The van der Waals surface area contributed by atoms with E-state index in [1.54, 1.807) is 0 Å². The average molecular weight is 288 g/mol. The Bertz CT molecular complexity index is 546. The van der Waals surface area contributed by atoms with Gasteiger partial charge in [0.25, 0.3) is 0 Å². The second-order valence-corrected chi connectivity index (χ2v) is 4.93. The minimum Gasteiger partial charge on any atom is -0.385 e. The van der Waals surface area contributed by atoms with Crippen LogP contribution in [0, 0.1) is 0 Å². The van der Waals surface area contributed by atoms with Crippen LogP contribution < -0.4 is 5.32 Å². The summed E-state index contributed by atoms with van der Waals surface area (Å²) in [5.74, 6) is 0.606. The molecular formula is C17H21FN2O. The Hall–Kier alpha value is -2.10. The maximum absolute atomic E-state index is 12.2. The van der Waals surface area contributed by atoms with E-state index in [9.17, 15) is 4.39 Å². The van der Waals surface area contributed by atoms with Crippen LogP contribution in [0.25, 0.3) is 5.70 Å². The maximum Gasteiger partial charge on any atom is 0.134 e. The smallest absolute Gasteiger partial charge is 0.134 e. The zero-order valence-electron chi connectivity index (χ0n) is 12.4. The van der Waals surface area contributed by atoms with Crippen molar-refractivity contribution in [2.75, 3.05) is 13.2 Å². The van der Waals surface area contributed by atoms with Gasteiger partial charge in [-0.05, 0) is 23.6 Å². The Labute approximate surface area is 125 Å². The van der Waals surface area contributed by atoms with Crippen LogP contribution in [0.3, 0.4) is 0 Å². The molecule has 0 fully saturated rings. The molecule has 0 saturated heterocycles. The van der Waals surface area contributed by atoms with Crippen LogP contribution in [0.5, 0.6) is 0 Å². The molecule has 1 aromatic rings. The Morgan fingerprint density at radius 1 is 1.38 bits per heavy atom. The number of halogens is 1. The van der Waals surface area contributed by atoms with Gasteiger partial charge in [0, 0.05) is 25.1 Å². The predicted molar refractivity (Wildman–Crippen MR) is 84.7 cm³/mol. The molecule has 0 unspecified atom stereocenters. The highest BCUT2D eigenvalue weighted by Gasteiger charge is 2.11. The van der Waals surface area contributed by atoms with E-state index in [0.29, 0.717) is 18.6 Å². The summed E-state index contributed by atoms with van der Waals surface area (Å²) >= 11 is 0. The summed E-state index contributed by atoms with van der Waals surface area (Å²) in [7, 11) is 0. The highest BCUT2D eigenvalue weighted by atomic mass is 19.1. The van der Waals surface area contributed by atoms with Gasteiger partial charge in [-0.3, -0.25) is 4.39 Å². The molecule has 0 spiro atoms. The van der Waals surface area contributed by atoms with Gasteiger partial charge in [-0.25, -0.2) is 0 Å². The molecule has 0 aromatic heterocycles. The molecule has 3 nitrogen and oxygen atoms in total. The van der Waals surface area contributed by atoms with E-state index in [4.69, 9.17) is 4.84 Å². The summed E-state index contributed by atoms with van der Waals surface area (Å²) in [6.07, 6.45) is 3.92. The van der Waals surface area contributed by atoms with Gasteiger partial charge in [-0.15, -0.1) is 0 Å². The van der Waals surface area contributed by atoms with Crippen molar-refractivity contribution in [3.8, 4) is 0 Å². The number of nitrogens with zero attached hydrogens (tertiary/aromatic N) is 1. The van der Waals surface area contributed by atoms with Crippen molar-refractivity contribution >= 4 is 11.4 Å². The van der Waals surface area contributed by atoms with Crippen LogP contribution in [-0.2, 0) is 4.84 Å². The monoisotopic (exact) mass is 288 g/mol. The lowest BCUT2D eigenvalue weighted by Crippen LogP contribution is -2.12. The zero-order chi connectivity index (χ0) is 15.1. The van der Waals surface area contributed by atoms with Gasteiger partial charge in [0.1, 0.15) is 5.76 Å². The summed E-state index contributed by atoms with van der Waals surface area (Å²) in [6, 6.07) is 8.04. The van der Waals surface area contributed by atoms with E-state index in [1.807, 2.05) is 30.3 Å². The summed E-state index contributed by atoms with van der Waals surface area (Å²) in [5.41, 5.74) is 3.86. The predicted octanol–water partition coefficient (Wildman–Crippen LogP) is 4.02. The molecule has 0 bridgehead atoms. The molecule has 0 saturated carbocycles. The fourth-order valence-electron chi connectivity index (χ4n) is 2.05. The molecule has 2 rings (SSSR count).